The van der Waals surface area contributed by atoms with Crippen molar-refractivity contribution in [2.75, 3.05) is 0 Å². The van der Waals surface area contributed by atoms with Crippen molar-refractivity contribution < 1.29 is 0 Å². The maximum absolute atomic E-state index is 3.80. The van der Waals surface area contributed by atoms with Crippen LogP contribution in [0, 0.1) is 0 Å². The van der Waals surface area contributed by atoms with Gasteiger partial charge >= 0.3 is 0 Å². The number of hydrogen-bond donors (Lipinski definition) is 0. The molecule has 0 aromatic heterocycles. The standard InChI is InChI=1S/C11H19N2/c1-2-3-4-5-6-7-8-11-9-12-13-10-11/h9-10H,2-8H2,1H3. The van der Waals surface area contributed by atoms with Crippen LogP contribution in [-0.2, 0) is 0 Å². The van der Waals surface area contributed by atoms with Gasteiger partial charge in [0.2, 0.25) is 0 Å². The SMILES string of the molecule is CCCCCCCCC1=C[N]N=C1. The second-order valence-corrected chi connectivity index (χ2v) is 3.58. The number of rotatable bonds is 7. The molecule has 0 saturated heterocycles. The first kappa shape index (κ1) is 10.3. The van der Waals surface area contributed by atoms with Crippen molar-refractivity contribution >= 4 is 6.21 Å². The predicted octanol–water partition coefficient (Wildman–Crippen LogP) is 3.22. The minimum absolute atomic E-state index is 1.15. The van der Waals surface area contributed by atoms with Crippen molar-refractivity contribution in [2.24, 2.45) is 5.10 Å². The average Bonchev–Trinajstić information content (AvgIpc) is 2.63. The fourth-order valence-electron chi connectivity index (χ4n) is 1.49. The van der Waals surface area contributed by atoms with E-state index in [1.807, 2.05) is 12.4 Å². The number of unbranched alkanes of at least 4 members (excludes halogenated alkanes) is 5. The highest BCUT2D eigenvalue weighted by atomic mass is 15.3. The first-order valence-electron chi connectivity index (χ1n) is 5.35. The van der Waals surface area contributed by atoms with Crippen LogP contribution in [0.2, 0.25) is 0 Å². The van der Waals surface area contributed by atoms with Crippen molar-refractivity contribution in [3.63, 3.8) is 0 Å². The maximum atomic E-state index is 3.80. The van der Waals surface area contributed by atoms with Gasteiger partial charge in [0.25, 0.3) is 0 Å². The van der Waals surface area contributed by atoms with Crippen LogP contribution in [0.4, 0.5) is 0 Å². The van der Waals surface area contributed by atoms with E-state index >= 15 is 0 Å². The second kappa shape index (κ2) is 6.70. The fourth-order valence-corrected chi connectivity index (χ4v) is 1.49. The normalized spacial score (nSPS) is 14.4. The third-order valence-corrected chi connectivity index (χ3v) is 2.33. The third-order valence-electron chi connectivity index (χ3n) is 2.33. The van der Waals surface area contributed by atoms with E-state index in [4.69, 9.17) is 0 Å². The summed E-state index contributed by atoms with van der Waals surface area (Å²) in [6, 6.07) is 0. The van der Waals surface area contributed by atoms with Gasteiger partial charge in [0.1, 0.15) is 0 Å². The van der Waals surface area contributed by atoms with Crippen LogP contribution in [0.15, 0.2) is 16.9 Å². The van der Waals surface area contributed by atoms with E-state index in [2.05, 4.69) is 17.5 Å². The van der Waals surface area contributed by atoms with Gasteiger partial charge in [-0.05, 0) is 18.4 Å². The Hall–Kier alpha value is -0.790. The minimum atomic E-state index is 1.15. The Bertz CT molecular complexity index is 183. The summed E-state index contributed by atoms with van der Waals surface area (Å²) in [7, 11) is 0. The molecule has 0 amide bonds. The Morgan fingerprint density at radius 2 is 1.85 bits per heavy atom. The van der Waals surface area contributed by atoms with E-state index in [1.54, 1.807) is 0 Å². The van der Waals surface area contributed by atoms with E-state index in [9.17, 15) is 0 Å². The topological polar surface area (TPSA) is 26.5 Å². The number of allylic oxidation sites excluding steroid dienone is 1. The van der Waals surface area contributed by atoms with Gasteiger partial charge in [-0.3, -0.25) is 0 Å². The van der Waals surface area contributed by atoms with E-state index in [0.717, 1.165) is 6.42 Å². The molecular weight excluding hydrogens is 160 g/mol. The minimum Gasteiger partial charge on any atom is -0.159 e. The lowest BCUT2D eigenvalue weighted by atomic mass is 10.1. The van der Waals surface area contributed by atoms with Crippen LogP contribution < -0.4 is 5.43 Å². The number of hydrogen-bond acceptors (Lipinski definition) is 1. The summed E-state index contributed by atoms with van der Waals surface area (Å²) in [4.78, 5) is 0. The molecule has 2 heteroatoms. The summed E-state index contributed by atoms with van der Waals surface area (Å²) in [5.74, 6) is 0. The molecule has 1 rings (SSSR count). The molecule has 1 heterocycles. The summed E-state index contributed by atoms with van der Waals surface area (Å²) in [6.45, 7) is 2.25. The lowest BCUT2D eigenvalue weighted by Gasteiger charge is -1.99. The molecule has 13 heavy (non-hydrogen) atoms. The molecule has 0 unspecified atom stereocenters. The van der Waals surface area contributed by atoms with Gasteiger partial charge in [-0.15, -0.1) is 0 Å². The largest absolute Gasteiger partial charge is 0.159 e. The number of nitrogens with zero attached hydrogens (tertiary/aromatic N) is 2. The summed E-state index contributed by atoms with van der Waals surface area (Å²) < 4.78 is 0. The predicted molar refractivity (Wildman–Crippen MR) is 56.7 cm³/mol. The van der Waals surface area contributed by atoms with Gasteiger partial charge in [-0.2, -0.15) is 10.5 Å². The van der Waals surface area contributed by atoms with Crippen LogP contribution >= 0.6 is 0 Å². The van der Waals surface area contributed by atoms with Crippen molar-refractivity contribution in [3.05, 3.63) is 11.8 Å². The van der Waals surface area contributed by atoms with E-state index in [0.29, 0.717) is 0 Å². The molecule has 0 spiro atoms. The van der Waals surface area contributed by atoms with Gasteiger partial charge in [0.05, 0.1) is 12.4 Å². The second-order valence-electron chi connectivity index (χ2n) is 3.58. The van der Waals surface area contributed by atoms with Gasteiger partial charge in [0, 0.05) is 0 Å². The van der Waals surface area contributed by atoms with Crippen molar-refractivity contribution in [3.8, 4) is 0 Å². The van der Waals surface area contributed by atoms with Crippen LogP contribution in [0.3, 0.4) is 0 Å². The molecule has 0 saturated carbocycles. The zero-order valence-electron chi connectivity index (χ0n) is 8.50. The van der Waals surface area contributed by atoms with Gasteiger partial charge in [-0.25, -0.2) is 0 Å². The molecule has 0 bridgehead atoms. The van der Waals surface area contributed by atoms with Gasteiger partial charge < -0.3 is 0 Å². The Kier molecular flexibility index (Phi) is 5.30. The molecule has 0 aromatic rings. The molecule has 0 aromatic carbocycles. The van der Waals surface area contributed by atoms with Gasteiger partial charge in [-0.1, -0.05) is 39.0 Å². The first-order valence-corrected chi connectivity index (χ1v) is 5.35. The Balaban J connectivity index is 1.86. The van der Waals surface area contributed by atoms with E-state index < -0.39 is 0 Å². The van der Waals surface area contributed by atoms with E-state index in [1.165, 1.54) is 44.1 Å². The van der Waals surface area contributed by atoms with Crippen LogP contribution in [0.25, 0.3) is 0 Å². The molecule has 73 valence electrons. The van der Waals surface area contributed by atoms with Crippen LogP contribution in [0.5, 0.6) is 0 Å². The Morgan fingerprint density at radius 1 is 1.08 bits per heavy atom. The van der Waals surface area contributed by atoms with Crippen LogP contribution in [-0.4, -0.2) is 6.21 Å². The molecule has 1 radical (unpaired) electrons. The first-order chi connectivity index (χ1) is 6.43. The summed E-state index contributed by atoms with van der Waals surface area (Å²) in [6.07, 6.45) is 13.0. The maximum Gasteiger partial charge on any atom is 0.0543 e. The van der Waals surface area contributed by atoms with Crippen molar-refractivity contribution in [1.29, 1.82) is 0 Å². The lowest BCUT2D eigenvalue weighted by molar-refractivity contribution is 0.609. The zero-order chi connectivity index (χ0) is 9.36. The highest BCUT2D eigenvalue weighted by molar-refractivity contribution is 5.79. The lowest BCUT2D eigenvalue weighted by Crippen LogP contribution is -1.83. The quantitative estimate of drug-likeness (QED) is 0.536. The monoisotopic (exact) mass is 179 g/mol. The average molecular weight is 179 g/mol. The van der Waals surface area contributed by atoms with Gasteiger partial charge in [0.15, 0.2) is 0 Å². The Labute approximate surface area is 81.1 Å². The summed E-state index contributed by atoms with van der Waals surface area (Å²) >= 11 is 0. The van der Waals surface area contributed by atoms with Crippen LogP contribution in [0.1, 0.15) is 51.9 Å². The molecule has 2 nitrogen and oxygen atoms in total. The molecular formula is C11H19N2. The third kappa shape index (κ3) is 4.71. The molecule has 1 aliphatic rings. The summed E-state index contributed by atoms with van der Waals surface area (Å²) in [5, 5.41) is 3.80. The molecule has 0 aliphatic carbocycles. The highest BCUT2D eigenvalue weighted by Crippen LogP contribution is 2.11. The molecule has 1 aliphatic heterocycles. The Morgan fingerprint density at radius 3 is 2.54 bits per heavy atom. The molecule has 0 atom stereocenters. The van der Waals surface area contributed by atoms with Crippen molar-refractivity contribution in [2.45, 2.75) is 51.9 Å². The highest BCUT2D eigenvalue weighted by Gasteiger charge is 1.99. The molecule has 0 N–H and O–H groups in total. The smallest absolute Gasteiger partial charge is 0.0543 e. The van der Waals surface area contributed by atoms with E-state index in [-0.39, 0.29) is 0 Å². The summed E-state index contributed by atoms with van der Waals surface area (Å²) in [5.41, 5.74) is 5.09. The molecule has 0 fully saturated rings. The van der Waals surface area contributed by atoms with Crippen molar-refractivity contribution in [1.82, 2.24) is 5.43 Å². The zero-order valence-corrected chi connectivity index (χ0v) is 8.50. The fraction of sp³-hybridized carbons (Fsp3) is 0.727.